The lowest BCUT2D eigenvalue weighted by atomic mass is 9.45. The van der Waals surface area contributed by atoms with Crippen LogP contribution in [-0.2, 0) is 33.4 Å². The summed E-state index contributed by atoms with van der Waals surface area (Å²) in [7, 11) is 0. The number of allylic oxidation sites excluding steroid dienone is 2. The third-order valence-corrected chi connectivity index (χ3v) is 5.81. The topological polar surface area (TPSA) is 96.0 Å². The molecule has 0 aromatic heterocycles. The van der Waals surface area contributed by atoms with Crippen LogP contribution in [0.3, 0.4) is 0 Å². The highest BCUT2D eigenvalue weighted by molar-refractivity contribution is 5.98. The molecule has 2 bridgehead atoms. The van der Waals surface area contributed by atoms with E-state index in [0.29, 0.717) is 0 Å². The molecule has 0 aromatic carbocycles. The highest BCUT2D eigenvalue weighted by Crippen LogP contribution is 2.63. The Kier molecular flexibility index (Phi) is 3.56. The zero-order valence-electron chi connectivity index (χ0n) is 13.9. The molecular weight excluding hydrogens is 328 g/mol. The first-order chi connectivity index (χ1) is 11.9. The minimum Gasteiger partial charge on any atom is -0.461 e. The Balaban J connectivity index is 1.67. The number of ether oxygens (including phenoxy) is 3. The maximum atomic E-state index is 12.1. The predicted octanol–water partition coefficient (Wildman–Crippen LogP) is 0.787. The van der Waals surface area contributed by atoms with Gasteiger partial charge in [-0.1, -0.05) is 12.2 Å². The fourth-order valence-electron chi connectivity index (χ4n) is 4.95. The molecule has 1 heterocycles. The van der Waals surface area contributed by atoms with Crippen LogP contribution >= 0.6 is 0 Å². The van der Waals surface area contributed by atoms with Crippen molar-refractivity contribution in [1.82, 2.24) is 0 Å². The van der Waals surface area contributed by atoms with Gasteiger partial charge in [0.2, 0.25) is 0 Å². The van der Waals surface area contributed by atoms with Crippen LogP contribution in [0.15, 0.2) is 23.3 Å². The Morgan fingerprint density at radius 1 is 0.840 bits per heavy atom. The predicted molar refractivity (Wildman–Crippen MR) is 81.5 cm³/mol. The van der Waals surface area contributed by atoms with E-state index in [0.717, 1.165) is 11.1 Å². The van der Waals surface area contributed by atoms with Crippen LogP contribution < -0.4 is 0 Å². The molecule has 0 unspecified atom stereocenters. The molecule has 7 nitrogen and oxygen atoms in total. The van der Waals surface area contributed by atoms with Crippen molar-refractivity contribution in [2.24, 2.45) is 35.5 Å². The van der Waals surface area contributed by atoms with Crippen molar-refractivity contribution in [2.45, 2.75) is 13.8 Å². The van der Waals surface area contributed by atoms with Gasteiger partial charge in [-0.05, 0) is 34.8 Å². The number of hydrogen-bond donors (Lipinski definition) is 0. The van der Waals surface area contributed by atoms with E-state index in [1.807, 2.05) is 12.2 Å². The van der Waals surface area contributed by atoms with Crippen molar-refractivity contribution in [3.8, 4) is 0 Å². The highest BCUT2D eigenvalue weighted by Gasteiger charge is 2.65. The van der Waals surface area contributed by atoms with E-state index in [2.05, 4.69) is 0 Å². The van der Waals surface area contributed by atoms with Crippen molar-refractivity contribution < 1.29 is 33.4 Å². The van der Waals surface area contributed by atoms with Crippen LogP contribution in [0.1, 0.15) is 13.8 Å². The summed E-state index contributed by atoms with van der Waals surface area (Å²) in [5.41, 5.74) is 1.79. The van der Waals surface area contributed by atoms with Crippen LogP contribution in [0.5, 0.6) is 0 Å². The molecular formula is C18H18O7. The van der Waals surface area contributed by atoms with E-state index < -0.39 is 35.7 Å². The van der Waals surface area contributed by atoms with Crippen molar-refractivity contribution in [3.63, 3.8) is 0 Å². The second kappa shape index (κ2) is 5.54. The summed E-state index contributed by atoms with van der Waals surface area (Å²) in [6.45, 7) is 2.89. The van der Waals surface area contributed by atoms with E-state index in [9.17, 15) is 19.2 Å². The smallest absolute Gasteiger partial charge is 0.318 e. The van der Waals surface area contributed by atoms with Gasteiger partial charge >= 0.3 is 23.9 Å². The van der Waals surface area contributed by atoms with Crippen LogP contribution in [-0.4, -0.2) is 37.1 Å². The molecule has 0 spiro atoms. The first-order valence-corrected chi connectivity index (χ1v) is 8.32. The molecule has 0 N–H and O–H groups in total. The van der Waals surface area contributed by atoms with Gasteiger partial charge in [0.1, 0.15) is 13.2 Å². The normalized spacial score (nSPS) is 37.2. The maximum Gasteiger partial charge on any atom is 0.318 e. The molecule has 4 aliphatic carbocycles. The van der Waals surface area contributed by atoms with Gasteiger partial charge in [-0.25, -0.2) is 0 Å². The van der Waals surface area contributed by atoms with Crippen molar-refractivity contribution in [1.29, 1.82) is 0 Å². The number of esters is 4. The van der Waals surface area contributed by atoms with Gasteiger partial charge in [-0.2, -0.15) is 0 Å². The number of rotatable bonds is 4. The average molecular weight is 346 g/mol. The van der Waals surface area contributed by atoms with Gasteiger partial charge in [0.25, 0.3) is 0 Å². The standard InChI is InChI=1S/C18H18O7/c1-7(19)23-5-11-12(6-24-8(2)20)14-10-4-3-9(13(11)14)15-16(10)18(22)25-17(15)21/h3-4,9-10,13-16H,5-6H2,1-2H3/t9-,10-,13-,14-,15+,16+/m0/s1. The second-order valence-electron chi connectivity index (χ2n) is 6.99. The summed E-state index contributed by atoms with van der Waals surface area (Å²) in [6.07, 6.45) is 3.95. The van der Waals surface area contributed by atoms with Gasteiger partial charge < -0.3 is 14.2 Å². The molecule has 0 aromatic rings. The Labute approximate surface area is 144 Å². The highest BCUT2D eigenvalue weighted by atomic mass is 16.6. The third-order valence-electron chi connectivity index (χ3n) is 5.81. The van der Waals surface area contributed by atoms with Gasteiger partial charge in [0.05, 0.1) is 11.8 Å². The van der Waals surface area contributed by atoms with Crippen LogP contribution in [0, 0.1) is 35.5 Å². The number of hydrogen-bond acceptors (Lipinski definition) is 7. The summed E-state index contributed by atoms with van der Waals surface area (Å²) in [5, 5.41) is 0. The Bertz CT molecular complexity index is 687. The zero-order chi connectivity index (χ0) is 17.9. The Morgan fingerprint density at radius 3 is 1.60 bits per heavy atom. The molecule has 1 saturated heterocycles. The maximum absolute atomic E-state index is 12.1. The molecule has 1 aliphatic heterocycles. The molecule has 1 saturated carbocycles. The van der Waals surface area contributed by atoms with E-state index in [1.165, 1.54) is 13.8 Å². The summed E-state index contributed by atoms with van der Waals surface area (Å²) in [4.78, 5) is 46.6. The fourth-order valence-corrected chi connectivity index (χ4v) is 4.95. The molecule has 25 heavy (non-hydrogen) atoms. The van der Waals surface area contributed by atoms with Crippen molar-refractivity contribution in [3.05, 3.63) is 23.3 Å². The minimum atomic E-state index is -0.466. The van der Waals surface area contributed by atoms with Gasteiger partial charge in [-0.15, -0.1) is 0 Å². The van der Waals surface area contributed by atoms with Crippen molar-refractivity contribution in [2.75, 3.05) is 13.2 Å². The van der Waals surface area contributed by atoms with Crippen molar-refractivity contribution >= 4 is 23.9 Å². The van der Waals surface area contributed by atoms with E-state index in [4.69, 9.17) is 14.2 Å². The molecule has 7 heteroatoms. The second-order valence-corrected chi connectivity index (χ2v) is 6.99. The minimum absolute atomic E-state index is 0.0135. The first-order valence-electron chi connectivity index (χ1n) is 8.32. The summed E-state index contributed by atoms with van der Waals surface area (Å²) in [6, 6.07) is 0. The van der Waals surface area contributed by atoms with Crippen LogP contribution in [0.2, 0.25) is 0 Å². The van der Waals surface area contributed by atoms with Gasteiger partial charge in [0, 0.05) is 13.8 Å². The summed E-state index contributed by atoms with van der Waals surface area (Å²) < 4.78 is 15.2. The molecule has 5 aliphatic rings. The molecule has 2 fully saturated rings. The Hall–Kier alpha value is -2.44. The van der Waals surface area contributed by atoms with Crippen LogP contribution in [0.4, 0.5) is 0 Å². The largest absolute Gasteiger partial charge is 0.461 e. The van der Waals surface area contributed by atoms with Gasteiger partial charge in [0.15, 0.2) is 0 Å². The molecule has 132 valence electrons. The number of carbonyl (C=O) groups excluding carboxylic acids is 4. The Morgan fingerprint density at radius 2 is 1.24 bits per heavy atom. The quantitative estimate of drug-likeness (QED) is 0.321. The van der Waals surface area contributed by atoms with Crippen LogP contribution in [0.25, 0.3) is 0 Å². The molecule has 0 amide bonds. The average Bonchev–Trinajstić information content (AvgIpc) is 2.83. The number of cyclic esters (lactones) is 2. The lowest BCUT2D eigenvalue weighted by Crippen LogP contribution is -2.56. The van der Waals surface area contributed by atoms with E-state index >= 15 is 0 Å². The summed E-state index contributed by atoms with van der Waals surface area (Å²) in [5.74, 6) is -2.92. The summed E-state index contributed by atoms with van der Waals surface area (Å²) >= 11 is 0. The third kappa shape index (κ3) is 2.25. The lowest BCUT2D eigenvalue weighted by molar-refractivity contribution is -0.154. The first kappa shape index (κ1) is 16.1. The van der Waals surface area contributed by atoms with E-state index in [1.54, 1.807) is 0 Å². The SMILES string of the molecule is CC(=O)OCC1=C(COC(C)=O)[C@@H]2[C@@H]3C=C[C@H]([C@H]4C(=O)OC(=O)[C@H]34)[C@@H]12. The van der Waals surface area contributed by atoms with Gasteiger partial charge in [-0.3, -0.25) is 19.2 Å². The monoisotopic (exact) mass is 346 g/mol. The number of carbonyl (C=O) groups is 4. The molecule has 6 atom stereocenters. The zero-order valence-corrected chi connectivity index (χ0v) is 13.9. The molecule has 0 radical (unpaired) electrons. The lowest BCUT2D eigenvalue weighted by Gasteiger charge is -2.56. The fraction of sp³-hybridized carbons (Fsp3) is 0.556. The molecule has 5 rings (SSSR count). The van der Waals surface area contributed by atoms with E-state index in [-0.39, 0.29) is 36.9 Å².